The van der Waals surface area contributed by atoms with Gasteiger partial charge in [0.25, 0.3) is 11.8 Å². The molecule has 0 radical (unpaired) electrons. The van der Waals surface area contributed by atoms with Crippen molar-refractivity contribution < 1.29 is 28.7 Å². The van der Waals surface area contributed by atoms with Crippen LogP contribution < -0.4 is 11.5 Å². The van der Waals surface area contributed by atoms with E-state index in [0.29, 0.717) is 0 Å². The minimum absolute atomic E-state index is 0.746. The van der Waals surface area contributed by atoms with Crippen LogP contribution >= 0.6 is 0 Å². The number of nitrogens with two attached hydrogens (primary N) is 2. The van der Waals surface area contributed by atoms with Gasteiger partial charge in [-0.25, -0.2) is 9.59 Å². The Morgan fingerprint density at radius 3 is 1.33 bits per heavy atom. The van der Waals surface area contributed by atoms with Gasteiger partial charge in [-0.15, -0.1) is 0 Å². The largest absolute Gasteiger partial charge is 0.449 e. The van der Waals surface area contributed by atoms with Crippen molar-refractivity contribution in [1.29, 1.82) is 0 Å². The Labute approximate surface area is 103 Å². The summed E-state index contributed by atoms with van der Waals surface area (Å²) in [4.78, 5) is 43.3. The lowest BCUT2D eigenvalue weighted by Crippen LogP contribution is -2.30. The summed E-state index contributed by atoms with van der Waals surface area (Å²) in [6.45, 7) is 2.56. The highest BCUT2D eigenvalue weighted by molar-refractivity contribution is 5.94. The van der Waals surface area contributed by atoms with Crippen LogP contribution in [0, 0.1) is 0 Å². The molecule has 0 aliphatic carbocycles. The van der Waals surface area contributed by atoms with Gasteiger partial charge in [-0.2, -0.15) is 0 Å². The van der Waals surface area contributed by atoms with E-state index in [2.05, 4.69) is 9.47 Å². The molecule has 0 fully saturated rings. The number of amides is 2. The van der Waals surface area contributed by atoms with E-state index in [1.165, 1.54) is 13.8 Å². The lowest BCUT2D eigenvalue weighted by atomic mass is 10.4. The zero-order valence-corrected chi connectivity index (χ0v) is 9.91. The minimum Gasteiger partial charge on any atom is -0.449 e. The average molecular weight is 258 g/mol. The highest BCUT2D eigenvalue weighted by Gasteiger charge is 2.14. The molecule has 0 aliphatic rings. The lowest BCUT2D eigenvalue weighted by Gasteiger charge is -2.07. The Hall–Kier alpha value is -2.38. The Kier molecular flexibility index (Phi) is 6.11. The molecule has 0 bridgehead atoms. The molecule has 0 saturated heterocycles. The zero-order chi connectivity index (χ0) is 14.3. The maximum absolute atomic E-state index is 11.1. The minimum atomic E-state index is -1.11. The Morgan fingerprint density at radius 1 is 0.833 bits per heavy atom. The summed E-state index contributed by atoms with van der Waals surface area (Å²) in [5, 5.41) is 0. The molecule has 0 heterocycles. The fourth-order valence-electron chi connectivity index (χ4n) is 0.679. The number of hydrogen-bond acceptors (Lipinski definition) is 6. The van der Waals surface area contributed by atoms with Crippen LogP contribution in [0.5, 0.6) is 0 Å². The molecule has 100 valence electrons. The van der Waals surface area contributed by atoms with Gasteiger partial charge in [-0.1, -0.05) is 0 Å². The van der Waals surface area contributed by atoms with Gasteiger partial charge in [-0.3, -0.25) is 9.59 Å². The number of esters is 2. The van der Waals surface area contributed by atoms with Gasteiger partial charge in [-0.05, 0) is 13.8 Å². The molecule has 2 unspecified atom stereocenters. The Morgan fingerprint density at radius 2 is 1.11 bits per heavy atom. The number of carbonyl (C=O) groups excluding carboxylic acids is 4. The maximum Gasteiger partial charge on any atom is 0.331 e. The SMILES string of the molecule is CC(OC(=O)/C=C/C(=O)OC(C)C(N)=O)C(N)=O. The van der Waals surface area contributed by atoms with E-state index < -0.39 is 36.0 Å². The first-order valence-corrected chi connectivity index (χ1v) is 4.92. The van der Waals surface area contributed by atoms with E-state index in [4.69, 9.17) is 11.5 Å². The molecule has 0 aliphatic heterocycles. The van der Waals surface area contributed by atoms with Gasteiger partial charge < -0.3 is 20.9 Å². The van der Waals surface area contributed by atoms with E-state index in [1.54, 1.807) is 0 Å². The van der Waals surface area contributed by atoms with Crippen molar-refractivity contribution in [2.45, 2.75) is 26.1 Å². The summed E-state index contributed by atoms with van der Waals surface area (Å²) < 4.78 is 9.03. The number of primary amides is 2. The van der Waals surface area contributed by atoms with Crippen LogP contribution in [0.25, 0.3) is 0 Å². The van der Waals surface area contributed by atoms with Gasteiger partial charge in [0, 0.05) is 12.2 Å². The molecule has 0 aromatic heterocycles. The molecule has 8 heteroatoms. The number of ether oxygens (including phenoxy) is 2. The molecule has 4 N–H and O–H groups in total. The summed E-state index contributed by atoms with van der Waals surface area (Å²) in [5.41, 5.74) is 9.71. The first kappa shape index (κ1) is 15.6. The van der Waals surface area contributed by atoms with E-state index in [9.17, 15) is 19.2 Å². The van der Waals surface area contributed by atoms with E-state index in [0.717, 1.165) is 12.2 Å². The third kappa shape index (κ3) is 6.26. The standard InChI is InChI=1S/C10H14N2O6/c1-5(9(11)15)17-7(13)3-4-8(14)18-6(2)10(12)16/h3-6H,1-2H3,(H2,11,15)(H2,12,16)/b4-3+. The smallest absolute Gasteiger partial charge is 0.331 e. The maximum atomic E-state index is 11.1. The first-order chi connectivity index (χ1) is 8.23. The molecule has 0 saturated carbocycles. The molecule has 0 spiro atoms. The normalized spacial score (nSPS) is 13.7. The molecule has 8 nitrogen and oxygen atoms in total. The van der Waals surface area contributed by atoms with Gasteiger partial charge in [0.1, 0.15) is 0 Å². The van der Waals surface area contributed by atoms with Crippen molar-refractivity contribution in [1.82, 2.24) is 0 Å². The van der Waals surface area contributed by atoms with E-state index >= 15 is 0 Å². The number of carbonyl (C=O) groups is 4. The van der Waals surface area contributed by atoms with Crippen molar-refractivity contribution in [2.24, 2.45) is 11.5 Å². The predicted molar refractivity (Wildman–Crippen MR) is 58.6 cm³/mol. The van der Waals surface area contributed by atoms with Crippen LogP contribution in [-0.4, -0.2) is 36.0 Å². The Balaban J connectivity index is 4.22. The Bertz CT molecular complexity index is 354. The molecule has 0 rings (SSSR count). The van der Waals surface area contributed by atoms with Gasteiger partial charge >= 0.3 is 11.9 Å². The molecular weight excluding hydrogens is 244 g/mol. The van der Waals surface area contributed by atoms with Crippen molar-refractivity contribution in [2.75, 3.05) is 0 Å². The van der Waals surface area contributed by atoms with E-state index in [1.807, 2.05) is 0 Å². The molecule has 2 amide bonds. The monoisotopic (exact) mass is 258 g/mol. The fourth-order valence-corrected chi connectivity index (χ4v) is 0.679. The third-order valence-electron chi connectivity index (χ3n) is 1.74. The first-order valence-electron chi connectivity index (χ1n) is 4.92. The van der Waals surface area contributed by atoms with Crippen LogP contribution in [0.4, 0.5) is 0 Å². The highest BCUT2D eigenvalue weighted by atomic mass is 16.6. The number of hydrogen-bond donors (Lipinski definition) is 2. The van der Waals surface area contributed by atoms with Crippen molar-refractivity contribution in [3.63, 3.8) is 0 Å². The van der Waals surface area contributed by atoms with Gasteiger partial charge in [0.15, 0.2) is 12.2 Å². The van der Waals surface area contributed by atoms with E-state index in [-0.39, 0.29) is 0 Å². The number of rotatable bonds is 6. The molecular formula is C10H14N2O6. The quantitative estimate of drug-likeness (QED) is 0.433. The van der Waals surface area contributed by atoms with Crippen molar-refractivity contribution in [3.05, 3.63) is 12.2 Å². The molecule has 2 atom stereocenters. The van der Waals surface area contributed by atoms with Gasteiger partial charge in [0.05, 0.1) is 0 Å². The summed E-state index contributed by atoms with van der Waals surface area (Å²) in [6, 6.07) is 0. The second-order valence-electron chi connectivity index (χ2n) is 3.30. The summed E-state index contributed by atoms with van der Waals surface area (Å²) in [5.74, 6) is -3.52. The van der Waals surface area contributed by atoms with Crippen LogP contribution in [-0.2, 0) is 28.7 Å². The van der Waals surface area contributed by atoms with Crippen LogP contribution in [0.1, 0.15) is 13.8 Å². The second kappa shape index (κ2) is 7.05. The van der Waals surface area contributed by atoms with Crippen LogP contribution in [0.3, 0.4) is 0 Å². The molecule has 0 aromatic carbocycles. The zero-order valence-electron chi connectivity index (χ0n) is 9.91. The highest BCUT2D eigenvalue weighted by Crippen LogP contribution is 1.94. The van der Waals surface area contributed by atoms with Crippen LogP contribution in [0.2, 0.25) is 0 Å². The summed E-state index contributed by atoms with van der Waals surface area (Å²) in [6.07, 6.45) is -0.726. The van der Waals surface area contributed by atoms with Crippen molar-refractivity contribution >= 4 is 23.8 Å². The molecule has 18 heavy (non-hydrogen) atoms. The van der Waals surface area contributed by atoms with Crippen LogP contribution in [0.15, 0.2) is 12.2 Å². The average Bonchev–Trinajstić information content (AvgIpc) is 2.25. The second-order valence-corrected chi connectivity index (χ2v) is 3.30. The predicted octanol–water partition coefficient (Wildman–Crippen LogP) is -1.62. The topological polar surface area (TPSA) is 139 Å². The fraction of sp³-hybridized carbons (Fsp3) is 0.400. The van der Waals surface area contributed by atoms with Crippen molar-refractivity contribution in [3.8, 4) is 0 Å². The molecule has 0 aromatic rings. The lowest BCUT2D eigenvalue weighted by molar-refractivity contribution is -0.150. The third-order valence-corrected chi connectivity index (χ3v) is 1.74. The van der Waals surface area contributed by atoms with Gasteiger partial charge in [0.2, 0.25) is 0 Å². The summed E-state index contributed by atoms with van der Waals surface area (Å²) in [7, 11) is 0. The summed E-state index contributed by atoms with van der Waals surface area (Å²) >= 11 is 0.